The molecule has 4 nitrogen and oxygen atoms in total. The van der Waals surface area contributed by atoms with Crippen LogP contribution in [0, 0.1) is 0 Å². The second kappa shape index (κ2) is 9.85. The van der Waals surface area contributed by atoms with Crippen molar-refractivity contribution < 1.29 is 8.83 Å². The van der Waals surface area contributed by atoms with Gasteiger partial charge < -0.3 is 14.2 Å². The van der Waals surface area contributed by atoms with Crippen molar-refractivity contribution in [2.75, 3.05) is 0 Å². The first-order chi connectivity index (χ1) is 21.8. The van der Waals surface area contributed by atoms with Gasteiger partial charge in [0.25, 0.3) is 0 Å². The predicted octanol–water partition coefficient (Wildman–Crippen LogP) is 10.3. The maximum Gasteiger partial charge on any atom is 0.178 e. The minimum atomic E-state index is -0.164. The first-order valence-corrected chi connectivity index (χ1v) is 14.8. The van der Waals surface area contributed by atoms with Gasteiger partial charge in [0.15, 0.2) is 11.2 Å². The monoisotopic (exact) mass is 566 g/mol. The number of benzene rings is 6. The van der Waals surface area contributed by atoms with Crippen LogP contribution >= 0.6 is 0 Å². The number of amidine groups is 1. The maximum atomic E-state index is 6.48. The summed E-state index contributed by atoms with van der Waals surface area (Å²) in [5, 5.41) is 7.79. The van der Waals surface area contributed by atoms with E-state index in [9.17, 15) is 0 Å². The minimum Gasteiger partial charge on any atom is -0.452 e. The van der Waals surface area contributed by atoms with Crippen molar-refractivity contribution in [3.8, 4) is 11.1 Å². The van der Waals surface area contributed by atoms with Crippen molar-refractivity contribution in [3.05, 3.63) is 162 Å². The van der Waals surface area contributed by atoms with Crippen molar-refractivity contribution >= 4 is 55.4 Å². The van der Waals surface area contributed by atoms with E-state index in [-0.39, 0.29) is 6.04 Å². The lowest BCUT2D eigenvalue weighted by molar-refractivity contribution is 0.633. The molecule has 1 N–H and O–H groups in total. The van der Waals surface area contributed by atoms with Crippen LogP contribution in [0.4, 0.5) is 0 Å². The van der Waals surface area contributed by atoms with Gasteiger partial charge in [-0.2, -0.15) is 0 Å². The Kier molecular flexibility index (Phi) is 5.53. The van der Waals surface area contributed by atoms with Crippen LogP contribution in [0.5, 0.6) is 0 Å². The summed E-state index contributed by atoms with van der Waals surface area (Å²) in [7, 11) is 0. The van der Waals surface area contributed by atoms with Gasteiger partial charge in [-0.25, -0.2) is 0 Å². The topological polar surface area (TPSA) is 50.7 Å². The standard InChI is InChI=1S/C40H26N2O2/c1-4-10-25(11-5-1)28-16-20-36-32(22-28)30-18-19-31-33-23-29(17-21-37(33)44-39(31)38(30)43-36)35-24-34(26-12-6-2-7-13-26)41-40(42-35)27-14-8-3-9-15-27/h1-24,35H,(H,41,42). The van der Waals surface area contributed by atoms with Crippen LogP contribution in [0.15, 0.2) is 159 Å². The molecule has 0 spiro atoms. The van der Waals surface area contributed by atoms with Crippen molar-refractivity contribution in [2.45, 2.75) is 6.04 Å². The second-order valence-electron chi connectivity index (χ2n) is 11.2. The first-order valence-electron chi connectivity index (χ1n) is 14.8. The summed E-state index contributed by atoms with van der Waals surface area (Å²) in [5.41, 5.74) is 9.89. The van der Waals surface area contributed by atoms with E-state index in [0.717, 1.165) is 77.7 Å². The van der Waals surface area contributed by atoms with E-state index >= 15 is 0 Å². The van der Waals surface area contributed by atoms with Gasteiger partial charge >= 0.3 is 0 Å². The van der Waals surface area contributed by atoms with E-state index < -0.39 is 0 Å². The van der Waals surface area contributed by atoms with Gasteiger partial charge in [0.2, 0.25) is 0 Å². The highest BCUT2D eigenvalue weighted by Gasteiger charge is 2.21. The molecule has 0 saturated carbocycles. The van der Waals surface area contributed by atoms with Crippen molar-refractivity contribution in [1.29, 1.82) is 0 Å². The summed E-state index contributed by atoms with van der Waals surface area (Å²) < 4.78 is 12.9. The molecule has 0 fully saturated rings. The smallest absolute Gasteiger partial charge is 0.178 e. The fourth-order valence-corrected chi connectivity index (χ4v) is 6.32. The van der Waals surface area contributed by atoms with Gasteiger partial charge in [0, 0.05) is 32.8 Å². The molecule has 0 radical (unpaired) electrons. The van der Waals surface area contributed by atoms with E-state index in [4.69, 9.17) is 13.8 Å². The Hall–Kier alpha value is -5.87. The normalized spacial score (nSPS) is 15.0. The number of hydrogen-bond donors (Lipinski definition) is 1. The van der Waals surface area contributed by atoms with Crippen LogP contribution in [-0.4, -0.2) is 5.84 Å². The van der Waals surface area contributed by atoms with Gasteiger partial charge in [-0.1, -0.05) is 103 Å². The zero-order chi connectivity index (χ0) is 29.0. The summed E-state index contributed by atoms with van der Waals surface area (Å²) >= 11 is 0. The molecule has 2 aromatic heterocycles. The molecule has 208 valence electrons. The van der Waals surface area contributed by atoms with Gasteiger partial charge in [0.1, 0.15) is 17.0 Å². The fourth-order valence-electron chi connectivity index (χ4n) is 6.32. The van der Waals surface area contributed by atoms with Gasteiger partial charge in [0.05, 0.1) is 6.04 Å². The van der Waals surface area contributed by atoms with Crippen LogP contribution in [-0.2, 0) is 0 Å². The number of fused-ring (bicyclic) bond motifs is 7. The Morgan fingerprint density at radius 3 is 1.70 bits per heavy atom. The fraction of sp³-hybridized carbons (Fsp3) is 0.0250. The predicted molar refractivity (Wildman–Crippen MR) is 180 cm³/mol. The molecular formula is C40H26N2O2. The minimum absolute atomic E-state index is 0.164. The molecule has 44 heavy (non-hydrogen) atoms. The summed E-state index contributed by atoms with van der Waals surface area (Å²) in [6.07, 6.45) is 2.20. The number of aliphatic imine (C=N–C) groups is 1. The van der Waals surface area contributed by atoms with Crippen LogP contribution in [0.25, 0.3) is 60.7 Å². The molecular weight excluding hydrogens is 540 g/mol. The second-order valence-corrected chi connectivity index (χ2v) is 11.2. The lowest BCUT2D eigenvalue weighted by Crippen LogP contribution is -2.27. The Labute approximate surface area is 253 Å². The first kappa shape index (κ1) is 24.7. The summed E-state index contributed by atoms with van der Waals surface area (Å²) in [6, 6.07) is 48.0. The number of nitrogens with one attached hydrogen (secondary N) is 1. The van der Waals surface area contributed by atoms with Crippen LogP contribution in [0.1, 0.15) is 22.7 Å². The SMILES string of the molecule is C1=C(c2ccccc2)NC(c2ccccc2)=NC1c1ccc2oc3c(ccc4c5cc(-c6ccccc6)ccc5oc43)c2c1. The zero-order valence-electron chi connectivity index (χ0n) is 23.7. The highest BCUT2D eigenvalue weighted by atomic mass is 16.4. The quantitative estimate of drug-likeness (QED) is 0.231. The largest absolute Gasteiger partial charge is 0.452 e. The Morgan fingerprint density at radius 2 is 1.05 bits per heavy atom. The highest BCUT2D eigenvalue weighted by Crippen LogP contribution is 2.41. The molecule has 0 bridgehead atoms. The Bertz CT molecular complexity index is 2340. The lowest BCUT2D eigenvalue weighted by atomic mass is 9.99. The number of rotatable bonds is 4. The molecule has 8 aromatic rings. The van der Waals surface area contributed by atoms with Crippen LogP contribution in [0.2, 0.25) is 0 Å². The van der Waals surface area contributed by atoms with E-state index in [1.807, 2.05) is 30.3 Å². The van der Waals surface area contributed by atoms with Crippen molar-refractivity contribution in [3.63, 3.8) is 0 Å². The van der Waals surface area contributed by atoms with Crippen molar-refractivity contribution in [1.82, 2.24) is 5.32 Å². The molecule has 1 aliphatic rings. The molecule has 0 amide bonds. The zero-order valence-corrected chi connectivity index (χ0v) is 23.7. The third-order valence-corrected chi connectivity index (χ3v) is 8.53. The summed E-state index contributed by atoms with van der Waals surface area (Å²) in [6.45, 7) is 0. The Morgan fingerprint density at radius 1 is 0.477 bits per heavy atom. The molecule has 1 unspecified atom stereocenters. The third-order valence-electron chi connectivity index (χ3n) is 8.53. The van der Waals surface area contributed by atoms with E-state index in [0.29, 0.717) is 0 Å². The summed E-state index contributed by atoms with van der Waals surface area (Å²) in [4.78, 5) is 5.16. The van der Waals surface area contributed by atoms with E-state index in [2.05, 4.69) is 121 Å². The van der Waals surface area contributed by atoms with Crippen molar-refractivity contribution in [2.24, 2.45) is 4.99 Å². The average Bonchev–Trinajstić information content (AvgIpc) is 3.67. The highest BCUT2D eigenvalue weighted by molar-refractivity contribution is 6.19. The molecule has 0 aliphatic carbocycles. The molecule has 4 heteroatoms. The van der Waals surface area contributed by atoms with Crippen LogP contribution in [0.3, 0.4) is 0 Å². The molecule has 9 rings (SSSR count). The van der Waals surface area contributed by atoms with E-state index in [1.54, 1.807) is 0 Å². The molecule has 3 heterocycles. The van der Waals surface area contributed by atoms with Crippen LogP contribution < -0.4 is 5.32 Å². The summed E-state index contributed by atoms with van der Waals surface area (Å²) in [5.74, 6) is 0.855. The molecule has 1 atom stereocenters. The molecule has 0 saturated heterocycles. The number of furan rings is 2. The Balaban J connectivity index is 1.18. The maximum absolute atomic E-state index is 6.48. The number of nitrogens with zero attached hydrogens (tertiary/aromatic N) is 1. The lowest BCUT2D eigenvalue weighted by Gasteiger charge is -2.23. The van der Waals surface area contributed by atoms with Gasteiger partial charge in [-0.15, -0.1) is 0 Å². The van der Waals surface area contributed by atoms with E-state index in [1.165, 1.54) is 5.56 Å². The van der Waals surface area contributed by atoms with Gasteiger partial charge in [-0.05, 0) is 64.7 Å². The third kappa shape index (κ3) is 4.03. The average molecular weight is 567 g/mol. The number of hydrogen-bond acceptors (Lipinski definition) is 4. The molecule has 6 aromatic carbocycles. The molecule has 1 aliphatic heterocycles. The van der Waals surface area contributed by atoms with Gasteiger partial charge in [-0.3, -0.25) is 4.99 Å².